The van der Waals surface area contributed by atoms with Gasteiger partial charge in [0.05, 0.1) is 12.9 Å². The van der Waals surface area contributed by atoms with Crippen molar-refractivity contribution in [3.63, 3.8) is 0 Å². The number of benzene rings is 2. The van der Waals surface area contributed by atoms with Crippen LogP contribution in [0.4, 0.5) is 9.39 Å². The lowest BCUT2D eigenvalue weighted by atomic mass is 10.0. The average Bonchev–Trinajstić information content (AvgIpc) is 3.52. The van der Waals surface area contributed by atoms with Crippen LogP contribution in [0.15, 0.2) is 71.7 Å². The Hall–Kier alpha value is -3.96. The SMILES string of the molecule is C=CCn1c(SCC(=O)Nc2scc(-c3ccc(F)cc3)c2C(=O)OC)nnc1C(C)Oc1cccc(C)c1. The third-order valence-corrected chi connectivity index (χ3v) is 7.51. The van der Waals surface area contributed by atoms with E-state index in [4.69, 9.17) is 9.47 Å². The monoisotopic (exact) mass is 566 g/mol. The molecule has 0 saturated heterocycles. The van der Waals surface area contributed by atoms with Gasteiger partial charge >= 0.3 is 5.97 Å². The van der Waals surface area contributed by atoms with E-state index >= 15 is 0 Å². The molecule has 2 aromatic heterocycles. The molecule has 1 unspecified atom stereocenters. The van der Waals surface area contributed by atoms with E-state index in [2.05, 4.69) is 22.1 Å². The van der Waals surface area contributed by atoms with Crippen LogP contribution in [0.25, 0.3) is 11.1 Å². The molecule has 2 heterocycles. The summed E-state index contributed by atoms with van der Waals surface area (Å²) in [5.74, 6) is 0.0269. The smallest absolute Gasteiger partial charge is 0.341 e. The van der Waals surface area contributed by atoms with Gasteiger partial charge in [-0.3, -0.25) is 9.36 Å². The van der Waals surface area contributed by atoms with Crippen molar-refractivity contribution in [1.82, 2.24) is 14.8 Å². The number of nitrogens with zero attached hydrogens (tertiary/aromatic N) is 3. The number of aryl methyl sites for hydroxylation is 1. The Bertz CT molecular complexity index is 1480. The molecule has 0 radical (unpaired) electrons. The van der Waals surface area contributed by atoms with E-state index in [0.717, 1.165) is 11.3 Å². The molecule has 0 saturated carbocycles. The highest BCUT2D eigenvalue weighted by molar-refractivity contribution is 7.99. The number of ether oxygens (including phenoxy) is 2. The standard InChI is InChI=1S/C28H27FN4O4S2/c1-5-13-33-25(18(3)37-21-8-6-7-17(2)14-21)31-32-28(33)39-16-23(34)30-26-24(27(35)36-4)22(15-38-26)19-9-11-20(29)12-10-19/h5-12,14-15,18H,1,13,16H2,2-4H3,(H,30,34). The minimum absolute atomic E-state index is 0.0206. The molecule has 39 heavy (non-hydrogen) atoms. The molecule has 0 bridgehead atoms. The van der Waals surface area contributed by atoms with Gasteiger partial charge < -0.3 is 14.8 Å². The van der Waals surface area contributed by atoms with Gasteiger partial charge in [-0.2, -0.15) is 0 Å². The predicted molar refractivity (Wildman–Crippen MR) is 151 cm³/mol. The van der Waals surface area contributed by atoms with Gasteiger partial charge in [-0.15, -0.1) is 28.1 Å². The van der Waals surface area contributed by atoms with Crippen LogP contribution in [0.3, 0.4) is 0 Å². The van der Waals surface area contributed by atoms with Crippen LogP contribution < -0.4 is 10.1 Å². The van der Waals surface area contributed by atoms with Gasteiger partial charge in [0.2, 0.25) is 5.91 Å². The highest BCUT2D eigenvalue weighted by Crippen LogP contribution is 2.36. The van der Waals surface area contributed by atoms with Gasteiger partial charge in [0.1, 0.15) is 22.1 Å². The van der Waals surface area contributed by atoms with Gasteiger partial charge in [-0.25, -0.2) is 9.18 Å². The first kappa shape index (κ1) is 28.1. The Morgan fingerprint density at radius 2 is 2.00 bits per heavy atom. The van der Waals surface area contributed by atoms with E-state index < -0.39 is 5.97 Å². The maximum atomic E-state index is 13.4. The summed E-state index contributed by atoms with van der Waals surface area (Å²) in [6.45, 7) is 8.14. The number of thiophene rings is 1. The van der Waals surface area contributed by atoms with Crippen molar-refractivity contribution in [3.8, 4) is 16.9 Å². The minimum Gasteiger partial charge on any atom is -0.483 e. The number of halogens is 1. The van der Waals surface area contributed by atoms with Gasteiger partial charge in [0, 0.05) is 17.5 Å². The molecule has 4 rings (SSSR count). The largest absolute Gasteiger partial charge is 0.483 e. The number of rotatable bonds is 11. The first-order valence-corrected chi connectivity index (χ1v) is 13.8. The summed E-state index contributed by atoms with van der Waals surface area (Å²) >= 11 is 2.40. The second-order valence-electron chi connectivity index (χ2n) is 8.51. The fourth-order valence-corrected chi connectivity index (χ4v) is 5.57. The summed E-state index contributed by atoms with van der Waals surface area (Å²) in [5, 5.41) is 14.0. The van der Waals surface area contributed by atoms with Crippen molar-refractivity contribution in [2.75, 3.05) is 18.2 Å². The maximum Gasteiger partial charge on any atom is 0.341 e. The number of hydrogen-bond acceptors (Lipinski definition) is 8. The Balaban J connectivity index is 1.47. The number of carbonyl (C=O) groups excluding carboxylic acids is 2. The summed E-state index contributed by atoms with van der Waals surface area (Å²) < 4.78 is 26.3. The second kappa shape index (κ2) is 12.7. The van der Waals surface area contributed by atoms with E-state index in [9.17, 15) is 14.0 Å². The molecular formula is C28H27FN4O4S2. The van der Waals surface area contributed by atoms with E-state index in [-0.39, 0.29) is 29.1 Å². The second-order valence-corrected chi connectivity index (χ2v) is 10.3. The van der Waals surface area contributed by atoms with Crippen molar-refractivity contribution < 1.29 is 23.5 Å². The van der Waals surface area contributed by atoms with Crippen LogP contribution in [0.5, 0.6) is 5.75 Å². The Morgan fingerprint density at radius 3 is 2.69 bits per heavy atom. The quantitative estimate of drug-likeness (QED) is 0.129. The number of hydrogen-bond donors (Lipinski definition) is 1. The minimum atomic E-state index is -0.600. The number of amides is 1. The molecule has 2 aromatic carbocycles. The number of allylic oxidation sites excluding steroid dienone is 1. The Labute approximate surface area is 233 Å². The van der Waals surface area contributed by atoms with Crippen molar-refractivity contribution in [2.24, 2.45) is 0 Å². The molecule has 202 valence electrons. The van der Waals surface area contributed by atoms with Crippen LogP contribution in [0, 0.1) is 12.7 Å². The van der Waals surface area contributed by atoms with E-state index in [1.165, 1.54) is 42.3 Å². The summed E-state index contributed by atoms with van der Waals surface area (Å²) in [7, 11) is 1.27. The number of nitrogens with one attached hydrogen (secondary N) is 1. The van der Waals surface area contributed by atoms with Crippen molar-refractivity contribution in [1.29, 1.82) is 0 Å². The normalized spacial score (nSPS) is 11.6. The molecule has 0 aliphatic carbocycles. The zero-order chi connectivity index (χ0) is 27.9. The topological polar surface area (TPSA) is 95.3 Å². The van der Waals surface area contributed by atoms with Crippen LogP contribution in [0.2, 0.25) is 0 Å². The molecule has 1 N–H and O–H groups in total. The Morgan fingerprint density at radius 1 is 1.23 bits per heavy atom. The number of methoxy groups -OCH3 is 1. The van der Waals surface area contributed by atoms with E-state index in [1.54, 1.807) is 23.6 Å². The molecule has 11 heteroatoms. The molecular weight excluding hydrogens is 539 g/mol. The lowest BCUT2D eigenvalue weighted by molar-refractivity contribution is -0.113. The highest BCUT2D eigenvalue weighted by atomic mass is 32.2. The maximum absolute atomic E-state index is 13.4. The van der Waals surface area contributed by atoms with E-state index in [0.29, 0.717) is 33.7 Å². The predicted octanol–water partition coefficient (Wildman–Crippen LogP) is 6.30. The average molecular weight is 567 g/mol. The van der Waals surface area contributed by atoms with Crippen LogP contribution in [-0.2, 0) is 16.1 Å². The van der Waals surface area contributed by atoms with Crippen molar-refractivity contribution in [2.45, 2.75) is 31.7 Å². The van der Waals surface area contributed by atoms with Crippen LogP contribution in [-0.4, -0.2) is 39.5 Å². The first-order valence-electron chi connectivity index (χ1n) is 12.0. The van der Waals surface area contributed by atoms with Gasteiger partial charge in [0.15, 0.2) is 17.1 Å². The summed E-state index contributed by atoms with van der Waals surface area (Å²) in [6.07, 6.45) is 1.34. The Kier molecular flexibility index (Phi) is 9.15. The molecule has 1 atom stereocenters. The third kappa shape index (κ3) is 6.73. The molecule has 0 aliphatic rings. The van der Waals surface area contributed by atoms with Gasteiger partial charge in [0.25, 0.3) is 0 Å². The van der Waals surface area contributed by atoms with Crippen molar-refractivity contribution >= 4 is 40.0 Å². The van der Waals surface area contributed by atoms with Crippen LogP contribution in [0.1, 0.15) is 34.8 Å². The van der Waals surface area contributed by atoms with Gasteiger partial charge in [-0.1, -0.05) is 42.1 Å². The lowest BCUT2D eigenvalue weighted by Gasteiger charge is -2.16. The zero-order valence-electron chi connectivity index (χ0n) is 21.6. The highest BCUT2D eigenvalue weighted by Gasteiger charge is 2.24. The third-order valence-electron chi connectivity index (χ3n) is 5.64. The summed E-state index contributed by atoms with van der Waals surface area (Å²) in [4.78, 5) is 25.5. The molecule has 8 nitrogen and oxygen atoms in total. The zero-order valence-corrected chi connectivity index (χ0v) is 23.3. The lowest BCUT2D eigenvalue weighted by Crippen LogP contribution is -2.17. The number of aromatic nitrogens is 3. The number of esters is 1. The number of carbonyl (C=O) groups is 2. The summed E-state index contributed by atoms with van der Waals surface area (Å²) in [5.41, 5.74) is 2.48. The summed E-state index contributed by atoms with van der Waals surface area (Å²) in [6, 6.07) is 13.5. The molecule has 4 aromatic rings. The van der Waals surface area contributed by atoms with E-state index in [1.807, 2.05) is 42.7 Å². The molecule has 0 aliphatic heterocycles. The fourth-order valence-electron chi connectivity index (χ4n) is 3.84. The van der Waals surface area contributed by atoms with Gasteiger partial charge in [-0.05, 0) is 49.2 Å². The molecule has 1 amide bonds. The van der Waals surface area contributed by atoms with Crippen molar-refractivity contribution in [3.05, 3.63) is 89.3 Å². The number of anilines is 1. The van der Waals surface area contributed by atoms with Crippen LogP contribution >= 0.6 is 23.1 Å². The number of thioether (sulfide) groups is 1. The fraction of sp³-hybridized carbons (Fsp3) is 0.214. The molecule has 0 fully saturated rings. The first-order chi connectivity index (χ1) is 18.8. The molecule has 0 spiro atoms.